The van der Waals surface area contributed by atoms with Crippen LogP contribution in [0.4, 0.5) is 0 Å². The normalized spacial score (nSPS) is 12.3. The third-order valence-corrected chi connectivity index (χ3v) is 4.15. The van der Waals surface area contributed by atoms with E-state index in [9.17, 15) is 4.79 Å². The number of hydrogen-bond acceptors (Lipinski definition) is 1. The van der Waals surface area contributed by atoms with Gasteiger partial charge in [-0.05, 0) is 36.2 Å². The van der Waals surface area contributed by atoms with Gasteiger partial charge in [0.05, 0.1) is 6.04 Å². The Morgan fingerprint density at radius 1 is 1.17 bits per heavy atom. The molecular weight excluding hydrogens is 308 g/mol. The number of aromatic nitrogens is 1. The molecule has 23 heavy (non-hydrogen) atoms. The van der Waals surface area contributed by atoms with Crippen LogP contribution in [0.1, 0.15) is 41.9 Å². The van der Waals surface area contributed by atoms with E-state index in [1.165, 1.54) is 0 Å². The van der Waals surface area contributed by atoms with Crippen LogP contribution in [-0.2, 0) is 0 Å². The molecule has 3 nitrogen and oxygen atoms in total. The highest BCUT2D eigenvalue weighted by molar-refractivity contribution is 6.31. The third kappa shape index (κ3) is 3.57. The first-order valence-electron chi connectivity index (χ1n) is 7.81. The van der Waals surface area contributed by atoms with Crippen LogP contribution in [0, 0.1) is 0 Å². The van der Waals surface area contributed by atoms with Gasteiger partial charge in [-0.3, -0.25) is 4.79 Å². The Morgan fingerprint density at radius 3 is 2.70 bits per heavy atom. The van der Waals surface area contributed by atoms with Crippen LogP contribution >= 0.6 is 11.6 Å². The van der Waals surface area contributed by atoms with E-state index in [4.69, 9.17) is 11.6 Å². The van der Waals surface area contributed by atoms with Crippen molar-refractivity contribution in [2.45, 2.75) is 25.8 Å². The molecule has 0 aliphatic heterocycles. The van der Waals surface area contributed by atoms with Crippen molar-refractivity contribution in [1.82, 2.24) is 10.3 Å². The van der Waals surface area contributed by atoms with E-state index in [1.807, 2.05) is 54.6 Å². The van der Waals surface area contributed by atoms with Crippen molar-refractivity contribution in [2.75, 3.05) is 0 Å². The Bertz CT molecular complexity index is 811. The Kier molecular flexibility index (Phi) is 4.68. The predicted molar refractivity (Wildman–Crippen MR) is 94.9 cm³/mol. The minimum absolute atomic E-state index is 0.0173. The second-order valence-corrected chi connectivity index (χ2v) is 6.08. The van der Waals surface area contributed by atoms with E-state index < -0.39 is 0 Å². The van der Waals surface area contributed by atoms with Gasteiger partial charge in [0.2, 0.25) is 0 Å². The molecular formula is C19H19ClN2O. The van der Waals surface area contributed by atoms with Gasteiger partial charge in [0, 0.05) is 15.9 Å². The van der Waals surface area contributed by atoms with Gasteiger partial charge in [0.15, 0.2) is 0 Å². The zero-order valence-electron chi connectivity index (χ0n) is 13.0. The monoisotopic (exact) mass is 326 g/mol. The van der Waals surface area contributed by atoms with Gasteiger partial charge in [-0.2, -0.15) is 0 Å². The molecule has 1 amide bonds. The molecule has 1 aromatic heterocycles. The molecule has 0 aliphatic carbocycles. The van der Waals surface area contributed by atoms with Crippen LogP contribution in [0.3, 0.4) is 0 Å². The number of carbonyl (C=O) groups is 1. The number of rotatable bonds is 5. The highest BCUT2D eigenvalue weighted by atomic mass is 35.5. The summed E-state index contributed by atoms with van der Waals surface area (Å²) in [6.45, 7) is 2.12. The molecule has 0 fully saturated rings. The molecule has 2 aromatic carbocycles. The van der Waals surface area contributed by atoms with E-state index in [0.29, 0.717) is 10.7 Å². The molecule has 1 heterocycles. The minimum atomic E-state index is -0.0976. The zero-order chi connectivity index (χ0) is 16.2. The quantitative estimate of drug-likeness (QED) is 0.673. The number of fused-ring (bicyclic) bond motifs is 1. The van der Waals surface area contributed by atoms with Crippen molar-refractivity contribution in [3.05, 3.63) is 70.9 Å². The molecule has 1 atom stereocenters. The van der Waals surface area contributed by atoms with Gasteiger partial charge in [-0.25, -0.2) is 0 Å². The number of aromatic amines is 1. The number of benzene rings is 2. The van der Waals surface area contributed by atoms with Crippen LogP contribution in [-0.4, -0.2) is 10.9 Å². The minimum Gasteiger partial charge on any atom is -0.351 e. The summed E-state index contributed by atoms with van der Waals surface area (Å²) in [6, 6.07) is 17.5. The van der Waals surface area contributed by atoms with Crippen molar-refractivity contribution in [1.29, 1.82) is 0 Å². The summed E-state index contributed by atoms with van der Waals surface area (Å²) >= 11 is 6.00. The summed E-state index contributed by atoms with van der Waals surface area (Å²) in [5, 5.41) is 4.73. The van der Waals surface area contributed by atoms with Crippen LogP contribution in [0.5, 0.6) is 0 Å². The summed E-state index contributed by atoms with van der Waals surface area (Å²) in [6.07, 6.45) is 1.91. The number of halogens is 1. The average Bonchev–Trinajstić information content (AvgIpc) is 2.98. The van der Waals surface area contributed by atoms with Crippen molar-refractivity contribution < 1.29 is 4.79 Å². The number of carbonyl (C=O) groups excluding carboxylic acids is 1. The molecule has 0 bridgehead atoms. The Hall–Kier alpha value is -2.26. The van der Waals surface area contributed by atoms with E-state index in [1.54, 1.807) is 0 Å². The second kappa shape index (κ2) is 6.88. The van der Waals surface area contributed by atoms with Gasteiger partial charge >= 0.3 is 0 Å². The first-order valence-corrected chi connectivity index (χ1v) is 8.19. The van der Waals surface area contributed by atoms with Crippen LogP contribution < -0.4 is 5.32 Å². The number of hydrogen-bond donors (Lipinski definition) is 2. The highest BCUT2D eigenvalue weighted by Gasteiger charge is 2.16. The summed E-state index contributed by atoms with van der Waals surface area (Å²) in [5.41, 5.74) is 2.59. The molecule has 0 saturated heterocycles. The molecule has 4 heteroatoms. The van der Waals surface area contributed by atoms with Crippen molar-refractivity contribution >= 4 is 28.4 Å². The maximum Gasteiger partial charge on any atom is 0.268 e. The Balaban J connectivity index is 1.83. The van der Waals surface area contributed by atoms with E-state index in [-0.39, 0.29) is 11.9 Å². The smallest absolute Gasteiger partial charge is 0.268 e. The van der Waals surface area contributed by atoms with E-state index in [0.717, 1.165) is 29.3 Å². The third-order valence-electron chi connectivity index (χ3n) is 3.91. The van der Waals surface area contributed by atoms with Gasteiger partial charge < -0.3 is 10.3 Å². The van der Waals surface area contributed by atoms with Crippen molar-refractivity contribution in [2.24, 2.45) is 0 Å². The molecule has 0 aliphatic rings. The lowest BCUT2D eigenvalue weighted by Gasteiger charge is -2.18. The van der Waals surface area contributed by atoms with Gasteiger partial charge in [-0.1, -0.05) is 55.3 Å². The van der Waals surface area contributed by atoms with Crippen molar-refractivity contribution in [3.8, 4) is 0 Å². The standard InChI is InChI=1S/C19H19ClN2O/c1-2-6-16(13-7-4-3-5-8-13)22-19(23)18-12-14-11-15(20)9-10-17(14)21-18/h3-5,7-12,16,21H,2,6H2,1H3,(H,22,23). The lowest BCUT2D eigenvalue weighted by molar-refractivity contribution is 0.0930. The molecule has 118 valence electrons. The summed E-state index contributed by atoms with van der Waals surface area (Å²) in [7, 11) is 0. The lowest BCUT2D eigenvalue weighted by Crippen LogP contribution is -2.28. The topological polar surface area (TPSA) is 44.9 Å². The highest BCUT2D eigenvalue weighted by Crippen LogP contribution is 2.22. The molecule has 3 aromatic rings. The predicted octanol–water partition coefficient (Wildman–Crippen LogP) is 5.09. The lowest BCUT2D eigenvalue weighted by atomic mass is 10.0. The maximum absolute atomic E-state index is 12.6. The molecule has 3 rings (SSSR count). The number of nitrogens with one attached hydrogen (secondary N) is 2. The van der Waals surface area contributed by atoms with Crippen LogP contribution in [0.25, 0.3) is 10.9 Å². The van der Waals surface area contributed by atoms with E-state index >= 15 is 0 Å². The Morgan fingerprint density at radius 2 is 1.96 bits per heavy atom. The first-order chi connectivity index (χ1) is 11.2. The zero-order valence-corrected chi connectivity index (χ0v) is 13.7. The van der Waals surface area contributed by atoms with E-state index in [2.05, 4.69) is 17.2 Å². The molecule has 1 unspecified atom stereocenters. The molecule has 0 spiro atoms. The largest absolute Gasteiger partial charge is 0.351 e. The van der Waals surface area contributed by atoms with Gasteiger partial charge in [-0.15, -0.1) is 0 Å². The summed E-state index contributed by atoms with van der Waals surface area (Å²) in [4.78, 5) is 15.7. The average molecular weight is 327 g/mol. The second-order valence-electron chi connectivity index (χ2n) is 5.64. The number of amides is 1. The maximum atomic E-state index is 12.6. The van der Waals surface area contributed by atoms with Crippen LogP contribution in [0.15, 0.2) is 54.6 Å². The van der Waals surface area contributed by atoms with Crippen LogP contribution in [0.2, 0.25) is 5.02 Å². The Labute approximate surface area is 140 Å². The fraction of sp³-hybridized carbons (Fsp3) is 0.211. The molecule has 2 N–H and O–H groups in total. The van der Waals surface area contributed by atoms with Crippen molar-refractivity contribution in [3.63, 3.8) is 0 Å². The fourth-order valence-corrected chi connectivity index (χ4v) is 2.94. The van der Waals surface area contributed by atoms with Gasteiger partial charge in [0.25, 0.3) is 5.91 Å². The van der Waals surface area contributed by atoms with Gasteiger partial charge in [0.1, 0.15) is 5.69 Å². The molecule has 0 saturated carbocycles. The molecule has 0 radical (unpaired) electrons. The first kappa shape index (κ1) is 15.6. The summed E-state index contributed by atoms with van der Waals surface area (Å²) < 4.78 is 0. The number of H-pyrrole nitrogens is 1. The summed E-state index contributed by atoms with van der Waals surface area (Å²) in [5.74, 6) is -0.0976. The SMILES string of the molecule is CCCC(NC(=O)c1cc2cc(Cl)ccc2[nH]1)c1ccccc1. The fourth-order valence-electron chi connectivity index (χ4n) is 2.76.